The number of fused-ring (bicyclic) bond motifs is 3. The Morgan fingerprint density at radius 3 is 2.59 bits per heavy atom. The van der Waals surface area contributed by atoms with Crippen LogP contribution >= 0.6 is 23.4 Å². The summed E-state index contributed by atoms with van der Waals surface area (Å²) in [4.78, 5) is 16.7. The maximum absolute atomic E-state index is 13.6. The molecule has 0 bridgehead atoms. The number of carbonyl (C=O) groups excluding carboxylic acids is 1. The smallest absolute Gasteiger partial charge is 0.318 e. The van der Waals surface area contributed by atoms with E-state index in [-0.39, 0.29) is 12.1 Å². The fourth-order valence-corrected chi connectivity index (χ4v) is 4.84. The van der Waals surface area contributed by atoms with E-state index >= 15 is 0 Å². The predicted octanol–water partition coefficient (Wildman–Crippen LogP) is 6.99. The normalized spacial score (nSPS) is 14.9. The summed E-state index contributed by atoms with van der Waals surface area (Å²) in [7, 11) is 0. The summed E-state index contributed by atoms with van der Waals surface area (Å²) in [5.74, 6) is 0. The van der Waals surface area contributed by atoms with Crippen molar-refractivity contribution in [3.63, 3.8) is 0 Å². The second-order valence-corrected chi connectivity index (χ2v) is 8.99. The van der Waals surface area contributed by atoms with Crippen LogP contribution in [0.25, 0.3) is 5.69 Å². The molecule has 0 saturated heterocycles. The van der Waals surface area contributed by atoms with Gasteiger partial charge >= 0.3 is 6.03 Å². The summed E-state index contributed by atoms with van der Waals surface area (Å²) in [5, 5.41) is 3.63. The molecular weight excluding hydrogens is 438 g/mol. The Hall–Kier alpha value is -3.15. The van der Waals surface area contributed by atoms with Gasteiger partial charge in [0, 0.05) is 27.5 Å². The van der Waals surface area contributed by atoms with Crippen molar-refractivity contribution in [1.82, 2.24) is 9.47 Å². The average Bonchev–Trinajstić information content (AvgIpc) is 3.23. The van der Waals surface area contributed by atoms with Crippen LogP contribution in [0.2, 0.25) is 5.02 Å². The van der Waals surface area contributed by atoms with E-state index in [0.29, 0.717) is 17.3 Å². The molecule has 4 nitrogen and oxygen atoms in total. The van der Waals surface area contributed by atoms with Gasteiger partial charge in [0.2, 0.25) is 0 Å². The summed E-state index contributed by atoms with van der Waals surface area (Å²) in [6.45, 7) is 0.485. The number of nitrogens with one attached hydrogen (secondary N) is 1. The summed E-state index contributed by atoms with van der Waals surface area (Å²) >= 11 is 7.85. The van der Waals surface area contributed by atoms with Gasteiger partial charge in [-0.25, -0.2) is 4.79 Å². The zero-order valence-corrected chi connectivity index (χ0v) is 19.1. The lowest BCUT2D eigenvalue weighted by Gasteiger charge is -2.31. The summed E-state index contributed by atoms with van der Waals surface area (Å²) in [5.41, 5.74) is 4.97. The van der Waals surface area contributed by atoms with Gasteiger partial charge in [-0.2, -0.15) is 0 Å². The van der Waals surface area contributed by atoms with Gasteiger partial charge < -0.3 is 14.8 Å². The van der Waals surface area contributed by atoms with Gasteiger partial charge in [0.15, 0.2) is 0 Å². The van der Waals surface area contributed by atoms with Crippen molar-refractivity contribution >= 4 is 35.1 Å². The number of halogens is 1. The number of anilines is 1. The van der Waals surface area contributed by atoms with E-state index in [2.05, 4.69) is 64.8 Å². The SMILES string of the molecule is CSc1ccc([C@@H]2c3cccn3-c3ccccc3CN2C(=O)Nc2cccc(Cl)c2)cc1. The van der Waals surface area contributed by atoms with E-state index in [9.17, 15) is 4.79 Å². The third-order valence-electron chi connectivity index (χ3n) is 5.73. The molecule has 2 heterocycles. The molecule has 1 atom stereocenters. The van der Waals surface area contributed by atoms with E-state index in [1.54, 1.807) is 23.9 Å². The van der Waals surface area contributed by atoms with Crippen molar-refractivity contribution in [2.24, 2.45) is 0 Å². The number of urea groups is 1. The van der Waals surface area contributed by atoms with Crippen molar-refractivity contribution in [1.29, 1.82) is 0 Å². The fraction of sp³-hybridized carbons (Fsp3) is 0.115. The van der Waals surface area contributed by atoms with Gasteiger partial charge in [0.05, 0.1) is 18.3 Å². The number of thioether (sulfide) groups is 1. The molecule has 0 spiro atoms. The first-order valence-electron chi connectivity index (χ1n) is 10.4. The molecule has 1 N–H and O–H groups in total. The first-order chi connectivity index (χ1) is 15.6. The fourth-order valence-electron chi connectivity index (χ4n) is 4.24. The van der Waals surface area contributed by atoms with E-state index < -0.39 is 0 Å². The second kappa shape index (κ2) is 8.77. The molecule has 160 valence electrons. The lowest BCUT2D eigenvalue weighted by Crippen LogP contribution is -2.37. The Morgan fingerprint density at radius 1 is 1.00 bits per heavy atom. The van der Waals surface area contributed by atoms with Crippen LogP contribution in [0.4, 0.5) is 10.5 Å². The molecule has 1 aromatic heterocycles. The summed E-state index contributed by atoms with van der Waals surface area (Å²) in [6.07, 6.45) is 4.13. The molecule has 1 aliphatic heterocycles. The minimum Gasteiger partial charge on any atom is -0.318 e. The average molecular weight is 460 g/mol. The molecule has 3 aromatic carbocycles. The second-order valence-electron chi connectivity index (χ2n) is 7.68. The van der Waals surface area contributed by atoms with Gasteiger partial charge in [-0.15, -0.1) is 11.8 Å². The Bertz CT molecular complexity index is 1270. The zero-order valence-electron chi connectivity index (χ0n) is 17.5. The first-order valence-corrected chi connectivity index (χ1v) is 12.0. The van der Waals surface area contributed by atoms with Crippen LogP contribution in [0.1, 0.15) is 22.9 Å². The standard InChI is InChI=1S/C26H22ClN3OS/c1-32-22-13-11-18(12-14-22)25-24-10-5-15-29(24)23-9-3-2-6-19(23)17-30(25)26(31)28-21-8-4-7-20(27)16-21/h2-16,25H,17H2,1H3,(H,28,31)/t25-/m1/s1. The molecule has 0 fully saturated rings. The number of amides is 2. The number of aromatic nitrogens is 1. The predicted molar refractivity (Wildman–Crippen MR) is 132 cm³/mol. The van der Waals surface area contributed by atoms with Crippen LogP contribution in [-0.4, -0.2) is 21.8 Å². The van der Waals surface area contributed by atoms with Crippen LogP contribution in [0.3, 0.4) is 0 Å². The Kier molecular flexibility index (Phi) is 5.68. The highest BCUT2D eigenvalue weighted by Crippen LogP contribution is 2.37. The number of benzene rings is 3. The molecule has 0 radical (unpaired) electrons. The Balaban J connectivity index is 1.62. The van der Waals surface area contributed by atoms with Crippen LogP contribution in [-0.2, 0) is 6.54 Å². The monoisotopic (exact) mass is 459 g/mol. The highest BCUT2D eigenvalue weighted by Gasteiger charge is 2.33. The highest BCUT2D eigenvalue weighted by molar-refractivity contribution is 7.98. The zero-order chi connectivity index (χ0) is 22.1. The molecular formula is C26H22ClN3OS. The minimum atomic E-state index is -0.243. The van der Waals surface area contributed by atoms with Gasteiger partial charge in [0.1, 0.15) is 0 Å². The van der Waals surface area contributed by atoms with Gasteiger partial charge in [-0.05, 0) is 65.9 Å². The molecule has 4 aromatic rings. The van der Waals surface area contributed by atoms with E-state index in [0.717, 1.165) is 22.5 Å². The van der Waals surface area contributed by atoms with Crippen LogP contribution < -0.4 is 5.32 Å². The molecule has 0 saturated carbocycles. The van der Waals surface area contributed by atoms with Gasteiger partial charge in [-0.1, -0.05) is 48.0 Å². The third-order valence-corrected chi connectivity index (χ3v) is 6.71. The number of hydrogen-bond acceptors (Lipinski definition) is 2. The number of para-hydroxylation sites is 1. The Labute approximate surface area is 196 Å². The molecule has 2 amide bonds. The molecule has 32 heavy (non-hydrogen) atoms. The van der Waals surface area contributed by atoms with Crippen LogP contribution in [0.5, 0.6) is 0 Å². The number of carbonyl (C=O) groups is 1. The molecule has 1 aliphatic rings. The van der Waals surface area contributed by atoms with Crippen LogP contribution in [0.15, 0.2) is 96.0 Å². The maximum Gasteiger partial charge on any atom is 0.322 e. The molecule has 0 aliphatic carbocycles. The topological polar surface area (TPSA) is 37.3 Å². The third kappa shape index (κ3) is 3.90. The molecule has 0 unspecified atom stereocenters. The van der Waals surface area contributed by atoms with Crippen molar-refractivity contribution in [3.05, 3.63) is 113 Å². The minimum absolute atomic E-state index is 0.171. The van der Waals surface area contributed by atoms with Crippen molar-refractivity contribution in [2.75, 3.05) is 11.6 Å². The van der Waals surface area contributed by atoms with E-state index in [1.807, 2.05) is 35.2 Å². The lowest BCUT2D eigenvalue weighted by molar-refractivity contribution is 0.194. The largest absolute Gasteiger partial charge is 0.322 e. The van der Waals surface area contributed by atoms with Crippen LogP contribution in [0, 0.1) is 0 Å². The van der Waals surface area contributed by atoms with Crippen molar-refractivity contribution < 1.29 is 4.79 Å². The van der Waals surface area contributed by atoms with E-state index in [1.165, 1.54) is 4.90 Å². The maximum atomic E-state index is 13.6. The van der Waals surface area contributed by atoms with Crippen molar-refractivity contribution in [3.8, 4) is 5.69 Å². The van der Waals surface area contributed by atoms with Gasteiger partial charge in [-0.3, -0.25) is 0 Å². The summed E-state index contributed by atoms with van der Waals surface area (Å²) in [6, 6.07) is 27.6. The number of nitrogens with zero attached hydrogens (tertiary/aromatic N) is 2. The molecule has 6 heteroatoms. The number of hydrogen-bond donors (Lipinski definition) is 1. The van der Waals surface area contributed by atoms with Gasteiger partial charge in [0.25, 0.3) is 0 Å². The quantitative estimate of drug-likeness (QED) is 0.335. The number of rotatable bonds is 3. The summed E-state index contributed by atoms with van der Waals surface area (Å²) < 4.78 is 2.19. The Morgan fingerprint density at radius 2 is 1.81 bits per heavy atom. The lowest BCUT2D eigenvalue weighted by atomic mass is 10.0. The first kappa shape index (κ1) is 20.7. The molecule has 5 rings (SSSR count). The highest BCUT2D eigenvalue weighted by atomic mass is 35.5. The van der Waals surface area contributed by atoms with Crippen molar-refractivity contribution in [2.45, 2.75) is 17.5 Å². The van der Waals surface area contributed by atoms with E-state index in [4.69, 9.17) is 11.6 Å².